The van der Waals surface area contributed by atoms with Gasteiger partial charge in [0.05, 0.1) is 12.2 Å². The van der Waals surface area contributed by atoms with E-state index in [1.165, 1.54) is 6.07 Å². The third kappa shape index (κ3) is 4.37. The summed E-state index contributed by atoms with van der Waals surface area (Å²) in [5, 5.41) is -0.356. The highest BCUT2D eigenvalue weighted by atomic mass is 19.4. The fraction of sp³-hybridized carbons (Fsp3) is 0.353. The van der Waals surface area contributed by atoms with Gasteiger partial charge in [-0.05, 0) is 18.6 Å². The number of alkyl halides is 6. The van der Waals surface area contributed by atoms with Crippen molar-refractivity contribution >= 4 is 22.5 Å². The second-order valence-corrected chi connectivity index (χ2v) is 5.56. The minimum Gasteiger partial charge on any atom is -0.491 e. The van der Waals surface area contributed by atoms with Gasteiger partial charge in [-0.3, -0.25) is 14.6 Å². The van der Waals surface area contributed by atoms with Gasteiger partial charge in [0.25, 0.3) is 11.6 Å². The van der Waals surface area contributed by atoms with E-state index in [-0.39, 0.29) is 18.1 Å². The number of nitrogens with zero attached hydrogens (tertiary/aromatic N) is 1. The van der Waals surface area contributed by atoms with Crippen LogP contribution in [0.4, 0.5) is 26.3 Å². The zero-order chi connectivity index (χ0) is 20.4. The Bertz CT molecular complexity index is 873. The Kier molecular flexibility index (Phi) is 5.76. The number of ether oxygens (including phenoxy) is 1. The smallest absolute Gasteiger partial charge is 0.455 e. The lowest BCUT2D eigenvalue weighted by Gasteiger charge is -2.17. The van der Waals surface area contributed by atoms with Gasteiger partial charge in [-0.25, -0.2) is 0 Å². The number of pyridine rings is 1. The minimum atomic E-state index is -5.37. The number of fused-ring (bicyclic) bond motifs is 1. The number of hydrogen-bond donors (Lipinski definition) is 0. The van der Waals surface area contributed by atoms with Crippen molar-refractivity contribution < 1.29 is 40.7 Å². The zero-order valence-corrected chi connectivity index (χ0v) is 13.9. The van der Waals surface area contributed by atoms with E-state index in [9.17, 15) is 35.9 Å². The van der Waals surface area contributed by atoms with Crippen LogP contribution < -0.4 is 4.74 Å². The van der Waals surface area contributed by atoms with Crippen LogP contribution in [0.25, 0.3) is 10.9 Å². The monoisotopic (exact) mass is 393 g/mol. The van der Waals surface area contributed by atoms with Gasteiger partial charge in [0, 0.05) is 17.1 Å². The number of carbonyl (C=O) groups excluding carboxylic acids is 2. The lowest BCUT2D eigenvalue weighted by Crippen LogP contribution is -2.26. The summed E-state index contributed by atoms with van der Waals surface area (Å²) in [6.07, 6.45) is -8.55. The van der Waals surface area contributed by atoms with Crippen LogP contribution in [-0.4, -0.2) is 35.5 Å². The molecule has 10 heteroatoms. The zero-order valence-electron chi connectivity index (χ0n) is 13.9. The molecule has 0 aliphatic carbocycles. The summed E-state index contributed by atoms with van der Waals surface area (Å²) < 4.78 is 82.7. The SMILES string of the molecule is CCCCOc1c(C(=O)C(F)(F)F)cc(C(=O)C(F)(F)F)c2cccnc12. The van der Waals surface area contributed by atoms with E-state index in [0.717, 1.165) is 12.3 Å². The van der Waals surface area contributed by atoms with Crippen molar-refractivity contribution in [2.45, 2.75) is 32.1 Å². The quantitative estimate of drug-likeness (QED) is 0.398. The van der Waals surface area contributed by atoms with Crippen LogP contribution in [0.5, 0.6) is 5.75 Å². The molecule has 27 heavy (non-hydrogen) atoms. The van der Waals surface area contributed by atoms with Crippen molar-refractivity contribution in [3.63, 3.8) is 0 Å². The first-order valence-electron chi connectivity index (χ1n) is 7.76. The Hall–Kier alpha value is -2.65. The van der Waals surface area contributed by atoms with Gasteiger partial charge in [-0.1, -0.05) is 19.4 Å². The molecule has 0 aliphatic heterocycles. The number of aromatic nitrogens is 1. The molecule has 0 bridgehead atoms. The number of Topliss-reactive ketones (excluding diaryl/α,β-unsaturated/α-hetero) is 2. The molecule has 2 rings (SSSR count). The summed E-state index contributed by atoms with van der Waals surface area (Å²) in [6, 6.07) is 2.59. The van der Waals surface area contributed by atoms with Crippen molar-refractivity contribution in [2.75, 3.05) is 6.61 Å². The molecular weight excluding hydrogens is 380 g/mol. The maximum Gasteiger partial charge on any atom is 0.455 e. The van der Waals surface area contributed by atoms with Gasteiger partial charge in [-0.15, -0.1) is 0 Å². The fourth-order valence-corrected chi connectivity index (χ4v) is 2.35. The highest BCUT2D eigenvalue weighted by Crippen LogP contribution is 2.37. The van der Waals surface area contributed by atoms with Crippen LogP contribution in [0.15, 0.2) is 24.4 Å². The Balaban J connectivity index is 2.81. The van der Waals surface area contributed by atoms with Crippen molar-refractivity contribution in [2.24, 2.45) is 0 Å². The maximum atomic E-state index is 12.9. The molecule has 0 unspecified atom stereocenters. The molecule has 0 amide bonds. The molecule has 0 atom stereocenters. The first kappa shape index (κ1) is 20.7. The van der Waals surface area contributed by atoms with E-state index in [2.05, 4.69) is 4.98 Å². The molecule has 0 aliphatic rings. The van der Waals surface area contributed by atoms with E-state index in [0.29, 0.717) is 12.8 Å². The summed E-state index contributed by atoms with van der Waals surface area (Å²) in [5.41, 5.74) is -2.70. The minimum absolute atomic E-state index is 0.0765. The van der Waals surface area contributed by atoms with E-state index in [1.807, 2.05) is 0 Å². The fourth-order valence-electron chi connectivity index (χ4n) is 2.35. The first-order valence-corrected chi connectivity index (χ1v) is 7.76. The number of hydrogen-bond acceptors (Lipinski definition) is 4. The highest BCUT2D eigenvalue weighted by molar-refractivity contribution is 6.15. The standard InChI is InChI=1S/C17H13F6NO3/c1-2-3-7-27-13-11(15(26)17(21,22)23)8-10(14(25)16(18,19)20)9-5-4-6-24-12(9)13/h4-6,8H,2-3,7H2,1H3. The maximum absolute atomic E-state index is 12.9. The third-order valence-electron chi connectivity index (χ3n) is 3.59. The van der Waals surface area contributed by atoms with Gasteiger partial charge in [0.15, 0.2) is 5.75 Å². The van der Waals surface area contributed by atoms with Gasteiger partial charge in [0.2, 0.25) is 0 Å². The number of benzene rings is 1. The lowest BCUT2D eigenvalue weighted by molar-refractivity contribution is -0.0888. The number of carbonyl (C=O) groups is 2. The summed E-state index contributed by atoms with van der Waals surface area (Å²) >= 11 is 0. The predicted octanol–water partition coefficient (Wildman–Crippen LogP) is 4.90. The molecule has 1 aromatic heterocycles. The molecule has 1 heterocycles. The van der Waals surface area contributed by atoms with Crippen molar-refractivity contribution in [3.05, 3.63) is 35.5 Å². The van der Waals surface area contributed by atoms with Crippen LogP contribution in [0.1, 0.15) is 40.5 Å². The number of unbranched alkanes of at least 4 members (excludes halogenated alkanes) is 1. The van der Waals surface area contributed by atoms with E-state index >= 15 is 0 Å². The van der Waals surface area contributed by atoms with E-state index in [4.69, 9.17) is 4.74 Å². The third-order valence-corrected chi connectivity index (χ3v) is 3.59. The van der Waals surface area contributed by atoms with Gasteiger partial charge < -0.3 is 4.74 Å². The molecule has 0 radical (unpaired) electrons. The lowest BCUT2D eigenvalue weighted by atomic mass is 9.97. The largest absolute Gasteiger partial charge is 0.491 e. The molecule has 0 spiro atoms. The summed E-state index contributed by atoms with van der Waals surface area (Å²) in [7, 11) is 0. The Morgan fingerprint density at radius 1 is 1.04 bits per heavy atom. The van der Waals surface area contributed by atoms with Crippen LogP contribution in [0.3, 0.4) is 0 Å². The number of halogens is 6. The number of rotatable bonds is 6. The molecule has 1 aromatic carbocycles. The molecule has 0 saturated heterocycles. The van der Waals surface area contributed by atoms with Crippen LogP contribution in [0.2, 0.25) is 0 Å². The second-order valence-electron chi connectivity index (χ2n) is 5.56. The van der Waals surface area contributed by atoms with Crippen LogP contribution >= 0.6 is 0 Å². The molecule has 0 N–H and O–H groups in total. The molecule has 2 aromatic rings. The second kappa shape index (κ2) is 7.53. The van der Waals surface area contributed by atoms with Gasteiger partial charge >= 0.3 is 12.4 Å². The predicted molar refractivity (Wildman–Crippen MR) is 82.9 cm³/mol. The van der Waals surface area contributed by atoms with Crippen LogP contribution in [-0.2, 0) is 0 Å². The summed E-state index contributed by atoms with van der Waals surface area (Å²) in [4.78, 5) is 27.2. The van der Waals surface area contributed by atoms with Crippen molar-refractivity contribution in [3.8, 4) is 5.75 Å². The number of ketones is 2. The molecule has 146 valence electrons. The highest BCUT2D eigenvalue weighted by Gasteiger charge is 2.44. The molecule has 0 fully saturated rings. The van der Waals surface area contributed by atoms with Crippen molar-refractivity contribution in [1.29, 1.82) is 0 Å². The average molecular weight is 393 g/mol. The van der Waals surface area contributed by atoms with Gasteiger partial charge in [-0.2, -0.15) is 26.3 Å². The Morgan fingerprint density at radius 2 is 1.63 bits per heavy atom. The van der Waals surface area contributed by atoms with E-state index in [1.54, 1.807) is 6.92 Å². The van der Waals surface area contributed by atoms with Crippen molar-refractivity contribution in [1.82, 2.24) is 4.98 Å². The molecule has 4 nitrogen and oxygen atoms in total. The van der Waals surface area contributed by atoms with Crippen LogP contribution in [0, 0.1) is 0 Å². The molecule has 0 saturated carbocycles. The summed E-state index contributed by atoms with van der Waals surface area (Å²) in [6.45, 7) is 1.71. The first-order chi connectivity index (χ1) is 12.5. The topological polar surface area (TPSA) is 56.3 Å². The van der Waals surface area contributed by atoms with E-state index < -0.39 is 46.3 Å². The average Bonchev–Trinajstić information content (AvgIpc) is 2.59. The molecular formula is C17H13F6NO3. The summed E-state index contributed by atoms with van der Waals surface area (Å²) in [5.74, 6) is -5.39. The normalized spacial score (nSPS) is 12.3. The van der Waals surface area contributed by atoms with Gasteiger partial charge in [0.1, 0.15) is 5.52 Å². The Labute approximate surface area is 149 Å². The Morgan fingerprint density at radius 3 is 2.19 bits per heavy atom.